The first-order valence-corrected chi connectivity index (χ1v) is 6.54. The van der Waals surface area contributed by atoms with Gasteiger partial charge >= 0.3 is 11.9 Å². The van der Waals surface area contributed by atoms with Crippen molar-refractivity contribution in [3.63, 3.8) is 0 Å². The summed E-state index contributed by atoms with van der Waals surface area (Å²) in [6, 6.07) is 4.46. The van der Waals surface area contributed by atoms with Crippen LogP contribution < -0.4 is 9.47 Å². The molecular formula is C17H14O6. The monoisotopic (exact) mass is 314 g/mol. The van der Waals surface area contributed by atoms with Gasteiger partial charge < -0.3 is 19.3 Å². The van der Waals surface area contributed by atoms with Gasteiger partial charge in [-0.3, -0.25) is 4.79 Å². The molecule has 0 fully saturated rings. The minimum Gasteiger partial charge on any atom is -0.507 e. The van der Waals surface area contributed by atoms with Crippen LogP contribution in [0.5, 0.6) is 17.2 Å². The normalized spacial score (nSPS) is 10.0. The number of esters is 2. The Morgan fingerprint density at radius 2 is 1.91 bits per heavy atom. The van der Waals surface area contributed by atoms with E-state index < -0.39 is 11.9 Å². The minimum absolute atomic E-state index is 0.110. The lowest BCUT2D eigenvalue weighted by atomic mass is 10.0. The van der Waals surface area contributed by atoms with Gasteiger partial charge in [-0.2, -0.15) is 0 Å². The Balaban J connectivity index is 2.92. The van der Waals surface area contributed by atoms with Crippen LogP contribution in [0.3, 0.4) is 0 Å². The maximum absolute atomic E-state index is 11.9. The number of benzene rings is 2. The topological polar surface area (TPSA) is 82.1 Å². The van der Waals surface area contributed by atoms with Crippen LogP contribution in [0.2, 0.25) is 0 Å². The molecule has 118 valence electrons. The average Bonchev–Trinajstić information content (AvgIpc) is 2.52. The van der Waals surface area contributed by atoms with Gasteiger partial charge in [-0.15, -0.1) is 6.42 Å². The number of rotatable bonds is 3. The van der Waals surface area contributed by atoms with Crippen LogP contribution in [0.1, 0.15) is 22.8 Å². The smallest absolute Gasteiger partial charge is 0.345 e. The number of fused-ring (bicyclic) bond motifs is 1. The molecule has 0 heterocycles. The van der Waals surface area contributed by atoms with E-state index in [0.29, 0.717) is 22.1 Å². The van der Waals surface area contributed by atoms with Gasteiger partial charge in [0.25, 0.3) is 0 Å². The predicted octanol–water partition coefficient (Wildman–Crippen LogP) is 2.25. The van der Waals surface area contributed by atoms with Crippen LogP contribution >= 0.6 is 0 Å². The van der Waals surface area contributed by atoms with Crippen molar-refractivity contribution in [2.24, 2.45) is 0 Å². The second kappa shape index (κ2) is 6.28. The highest BCUT2D eigenvalue weighted by atomic mass is 16.5. The highest BCUT2D eigenvalue weighted by Crippen LogP contribution is 2.39. The number of hydrogen-bond acceptors (Lipinski definition) is 6. The van der Waals surface area contributed by atoms with Crippen molar-refractivity contribution in [3.8, 4) is 29.6 Å². The number of carbonyl (C=O) groups is 2. The molecule has 0 aliphatic heterocycles. The molecule has 1 N–H and O–H groups in total. The molecule has 0 amide bonds. The Morgan fingerprint density at radius 3 is 2.43 bits per heavy atom. The third-order valence-corrected chi connectivity index (χ3v) is 3.18. The molecule has 0 aliphatic carbocycles. The van der Waals surface area contributed by atoms with Crippen molar-refractivity contribution >= 4 is 22.7 Å². The molecule has 0 saturated carbocycles. The van der Waals surface area contributed by atoms with Crippen LogP contribution in [0.4, 0.5) is 0 Å². The van der Waals surface area contributed by atoms with Crippen molar-refractivity contribution in [3.05, 3.63) is 29.3 Å². The lowest BCUT2D eigenvalue weighted by Crippen LogP contribution is -2.10. The maximum atomic E-state index is 11.9. The van der Waals surface area contributed by atoms with Crippen molar-refractivity contribution in [1.29, 1.82) is 0 Å². The van der Waals surface area contributed by atoms with Gasteiger partial charge in [-0.05, 0) is 23.6 Å². The molecule has 23 heavy (non-hydrogen) atoms. The van der Waals surface area contributed by atoms with E-state index in [2.05, 4.69) is 10.7 Å². The van der Waals surface area contributed by atoms with Crippen LogP contribution in [0.15, 0.2) is 18.2 Å². The van der Waals surface area contributed by atoms with E-state index >= 15 is 0 Å². The van der Waals surface area contributed by atoms with Gasteiger partial charge in [0.1, 0.15) is 17.1 Å². The summed E-state index contributed by atoms with van der Waals surface area (Å²) in [7, 11) is 2.60. The van der Waals surface area contributed by atoms with Gasteiger partial charge in [-0.25, -0.2) is 4.79 Å². The van der Waals surface area contributed by atoms with E-state index in [9.17, 15) is 14.7 Å². The van der Waals surface area contributed by atoms with E-state index in [1.165, 1.54) is 26.2 Å². The molecule has 0 bridgehead atoms. The fourth-order valence-corrected chi connectivity index (χ4v) is 2.21. The SMILES string of the molecule is C#Cc1cc2cc(O)c(C(=O)OC)c(OC(C)=O)c2cc1OC. The molecule has 0 saturated heterocycles. The lowest BCUT2D eigenvalue weighted by molar-refractivity contribution is -0.131. The highest BCUT2D eigenvalue weighted by molar-refractivity contribution is 6.06. The Bertz CT molecular complexity index is 845. The first-order chi connectivity index (χ1) is 10.9. The number of hydrogen-bond donors (Lipinski definition) is 1. The Kier molecular flexibility index (Phi) is 4.42. The fraction of sp³-hybridized carbons (Fsp3) is 0.176. The van der Waals surface area contributed by atoms with E-state index in [0.717, 1.165) is 7.11 Å². The Labute approximate surface area is 132 Å². The van der Waals surface area contributed by atoms with Gasteiger partial charge in [0, 0.05) is 12.3 Å². The van der Waals surface area contributed by atoms with Gasteiger partial charge in [0.05, 0.1) is 19.8 Å². The maximum Gasteiger partial charge on any atom is 0.345 e. The Hall–Kier alpha value is -3.20. The van der Waals surface area contributed by atoms with Crippen molar-refractivity contribution in [2.75, 3.05) is 14.2 Å². The summed E-state index contributed by atoms with van der Waals surface area (Å²) in [5.74, 6) is 0.857. The average molecular weight is 314 g/mol. The van der Waals surface area contributed by atoms with Gasteiger partial charge in [0.2, 0.25) is 0 Å². The third kappa shape index (κ3) is 2.90. The third-order valence-electron chi connectivity index (χ3n) is 3.18. The number of phenolic OH excluding ortho intramolecular Hbond substituents is 1. The summed E-state index contributed by atoms with van der Waals surface area (Å²) in [5.41, 5.74) is 0.213. The quantitative estimate of drug-likeness (QED) is 0.531. The van der Waals surface area contributed by atoms with E-state index in [-0.39, 0.29) is 17.1 Å². The highest BCUT2D eigenvalue weighted by Gasteiger charge is 2.24. The summed E-state index contributed by atoms with van der Waals surface area (Å²) in [4.78, 5) is 23.3. The minimum atomic E-state index is -0.833. The zero-order valence-corrected chi connectivity index (χ0v) is 12.8. The molecule has 0 atom stereocenters. The second-order valence-electron chi connectivity index (χ2n) is 4.60. The molecule has 6 nitrogen and oxygen atoms in total. The lowest BCUT2D eigenvalue weighted by Gasteiger charge is -2.14. The zero-order chi connectivity index (χ0) is 17.1. The van der Waals surface area contributed by atoms with Gasteiger partial charge in [0.15, 0.2) is 5.75 Å². The van der Waals surface area contributed by atoms with E-state index in [4.69, 9.17) is 15.9 Å². The molecule has 2 aromatic rings. The summed E-state index contributed by atoms with van der Waals surface area (Å²) in [5, 5.41) is 11.0. The van der Waals surface area contributed by atoms with Crippen LogP contribution in [-0.2, 0) is 9.53 Å². The van der Waals surface area contributed by atoms with Crippen molar-refractivity contribution in [2.45, 2.75) is 6.92 Å². The van der Waals surface area contributed by atoms with Crippen LogP contribution in [0.25, 0.3) is 10.8 Å². The summed E-state index contributed by atoms with van der Waals surface area (Å²) < 4.78 is 15.0. The standard InChI is InChI=1S/C17H14O6/c1-5-10-6-11-7-13(19)15(17(20)22-4)16(23-9(2)18)12(11)8-14(10)21-3/h1,6-8,19H,2-4H3. The summed E-state index contributed by atoms with van der Waals surface area (Å²) >= 11 is 0. The molecule has 2 aromatic carbocycles. The Morgan fingerprint density at radius 1 is 1.22 bits per heavy atom. The molecule has 6 heteroatoms. The second-order valence-corrected chi connectivity index (χ2v) is 4.60. The zero-order valence-electron chi connectivity index (χ0n) is 12.8. The molecule has 0 spiro atoms. The molecule has 0 radical (unpaired) electrons. The van der Waals surface area contributed by atoms with E-state index in [1.54, 1.807) is 6.07 Å². The first-order valence-electron chi connectivity index (χ1n) is 6.54. The number of methoxy groups -OCH3 is 2. The molecule has 0 aliphatic rings. The van der Waals surface area contributed by atoms with Crippen LogP contribution in [0, 0.1) is 12.3 Å². The number of aromatic hydroxyl groups is 1. The van der Waals surface area contributed by atoms with Crippen molar-refractivity contribution in [1.82, 2.24) is 0 Å². The largest absolute Gasteiger partial charge is 0.507 e. The fourth-order valence-electron chi connectivity index (χ4n) is 2.21. The molecule has 2 rings (SSSR count). The number of carbonyl (C=O) groups excluding carboxylic acids is 2. The van der Waals surface area contributed by atoms with Gasteiger partial charge in [-0.1, -0.05) is 5.92 Å². The summed E-state index contributed by atoms with van der Waals surface area (Å²) in [6.07, 6.45) is 5.42. The van der Waals surface area contributed by atoms with E-state index in [1.807, 2.05) is 0 Å². The predicted molar refractivity (Wildman–Crippen MR) is 82.7 cm³/mol. The van der Waals surface area contributed by atoms with Crippen molar-refractivity contribution < 1.29 is 28.9 Å². The number of ether oxygens (including phenoxy) is 3. The van der Waals surface area contributed by atoms with Crippen LogP contribution in [-0.4, -0.2) is 31.3 Å². The summed E-state index contributed by atoms with van der Waals surface area (Å²) in [6.45, 7) is 1.18. The molecule has 0 unspecified atom stereocenters. The molecule has 0 aromatic heterocycles. The molecular weight excluding hydrogens is 300 g/mol. The number of terminal acetylenes is 1. The number of phenols is 1. The first kappa shape index (κ1) is 16.2.